The van der Waals surface area contributed by atoms with Crippen molar-refractivity contribution in [3.63, 3.8) is 0 Å². The maximum absolute atomic E-state index is 9.62. The highest BCUT2D eigenvalue weighted by molar-refractivity contribution is 8.13. The Morgan fingerprint density at radius 1 is 1.23 bits per heavy atom. The molecule has 1 fully saturated rings. The first-order valence-corrected chi connectivity index (χ1v) is 10.1. The lowest BCUT2D eigenvalue weighted by atomic mass is 10.1. The number of aliphatic hydroxyl groups excluding tert-OH is 1. The molecule has 1 aliphatic rings. The molecule has 0 radical (unpaired) electrons. The van der Waals surface area contributed by atoms with Crippen LogP contribution in [0.1, 0.15) is 18.6 Å². The number of benzene rings is 2. The third kappa shape index (κ3) is 4.62. The van der Waals surface area contributed by atoms with E-state index in [1.165, 1.54) is 16.5 Å². The molecule has 0 aromatic heterocycles. The van der Waals surface area contributed by atoms with Gasteiger partial charge in [0.1, 0.15) is 6.23 Å². The predicted molar refractivity (Wildman–Crippen MR) is 111 cm³/mol. The van der Waals surface area contributed by atoms with Gasteiger partial charge in [0, 0.05) is 23.7 Å². The van der Waals surface area contributed by atoms with Crippen molar-refractivity contribution < 1.29 is 9.84 Å². The first kappa shape index (κ1) is 18.9. The molecule has 2 N–H and O–H groups in total. The summed E-state index contributed by atoms with van der Waals surface area (Å²) in [5.74, 6) is 0. The fourth-order valence-corrected chi connectivity index (χ4v) is 4.88. The molecule has 0 amide bonds. The van der Waals surface area contributed by atoms with Crippen molar-refractivity contribution >= 4 is 21.7 Å². The maximum atomic E-state index is 9.62. The number of nitrogens with one attached hydrogen (secondary N) is 1. The van der Waals surface area contributed by atoms with Gasteiger partial charge in [-0.3, -0.25) is 0 Å². The summed E-state index contributed by atoms with van der Waals surface area (Å²) in [6.07, 6.45) is 0.849. The Morgan fingerprint density at radius 3 is 2.62 bits per heavy atom. The molecule has 138 valence electrons. The summed E-state index contributed by atoms with van der Waals surface area (Å²) in [6.45, 7) is 8.23. The average molecular weight is 371 g/mol. The van der Waals surface area contributed by atoms with Crippen molar-refractivity contribution in [1.82, 2.24) is 4.31 Å². The minimum Gasteiger partial charge on any atom is -0.371 e. The minimum absolute atomic E-state index is 0.0806. The van der Waals surface area contributed by atoms with Crippen molar-refractivity contribution in [3.8, 4) is 0 Å². The van der Waals surface area contributed by atoms with Crippen LogP contribution in [0.3, 0.4) is 0 Å². The van der Waals surface area contributed by atoms with Gasteiger partial charge in [0.15, 0.2) is 0 Å². The Hall–Kier alpha value is -1.92. The molecular weight excluding hydrogens is 344 g/mol. The first-order valence-electron chi connectivity index (χ1n) is 8.82. The lowest BCUT2D eigenvalue weighted by Gasteiger charge is -2.35. The Bertz CT molecular complexity index is 746. The second-order valence-electron chi connectivity index (χ2n) is 6.06. The van der Waals surface area contributed by atoms with Crippen LogP contribution in [0.2, 0.25) is 0 Å². The quantitative estimate of drug-likeness (QED) is 0.458. The SMILES string of the molecule is C=CC(O)Nc1ccc(S(=CC)N2CCOC(c3ccccc3)C2)cc1. The molecule has 0 saturated carbocycles. The van der Waals surface area contributed by atoms with Crippen molar-refractivity contribution in [2.75, 3.05) is 25.0 Å². The van der Waals surface area contributed by atoms with Crippen LogP contribution in [0.15, 0.2) is 72.1 Å². The topological polar surface area (TPSA) is 44.7 Å². The molecule has 1 heterocycles. The van der Waals surface area contributed by atoms with Crippen LogP contribution in [0.25, 0.3) is 0 Å². The number of ether oxygens (including phenoxy) is 1. The normalized spacial score (nSPS) is 20.5. The summed E-state index contributed by atoms with van der Waals surface area (Å²) in [5, 5.41) is 14.9. The van der Waals surface area contributed by atoms with Gasteiger partial charge in [-0.1, -0.05) is 47.6 Å². The summed E-state index contributed by atoms with van der Waals surface area (Å²) < 4.78 is 8.49. The molecule has 0 bridgehead atoms. The molecule has 1 aliphatic heterocycles. The van der Waals surface area contributed by atoms with E-state index in [0.717, 1.165) is 25.4 Å². The molecule has 3 rings (SSSR count). The fourth-order valence-electron chi connectivity index (χ4n) is 3.03. The molecule has 3 unspecified atom stereocenters. The van der Waals surface area contributed by atoms with Gasteiger partial charge in [-0.25, -0.2) is 4.31 Å². The van der Waals surface area contributed by atoms with E-state index in [-0.39, 0.29) is 16.8 Å². The zero-order valence-corrected chi connectivity index (χ0v) is 15.9. The van der Waals surface area contributed by atoms with Gasteiger partial charge in [0.05, 0.1) is 12.7 Å². The highest BCUT2D eigenvalue weighted by Crippen LogP contribution is 2.35. The summed E-state index contributed by atoms with van der Waals surface area (Å²) in [7, 11) is -0.0806. The summed E-state index contributed by atoms with van der Waals surface area (Å²) in [5.41, 5.74) is 2.11. The Labute approximate surface area is 158 Å². The summed E-state index contributed by atoms with van der Waals surface area (Å²) in [4.78, 5) is 1.26. The molecule has 26 heavy (non-hydrogen) atoms. The zero-order chi connectivity index (χ0) is 18.4. The number of aliphatic hydroxyl groups is 1. The van der Waals surface area contributed by atoms with Gasteiger partial charge in [0.2, 0.25) is 0 Å². The number of hydrogen-bond acceptors (Lipinski definition) is 4. The van der Waals surface area contributed by atoms with Gasteiger partial charge in [-0.2, -0.15) is 0 Å². The van der Waals surface area contributed by atoms with Crippen LogP contribution in [0.5, 0.6) is 0 Å². The van der Waals surface area contributed by atoms with Crippen molar-refractivity contribution in [2.45, 2.75) is 24.2 Å². The second kappa shape index (κ2) is 9.14. The molecule has 2 aromatic carbocycles. The molecular formula is C21H26N2O2S. The Kier molecular flexibility index (Phi) is 6.63. The summed E-state index contributed by atoms with van der Waals surface area (Å²) in [6, 6.07) is 18.7. The van der Waals surface area contributed by atoms with Crippen LogP contribution in [0.4, 0.5) is 5.69 Å². The van der Waals surface area contributed by atoms with E-state index in [1.807, 2.05) is 18.2 Å². The maximum Gasteiger partial charge on any atom is 0.143 e. The van der Waals surface area contributed by atoms with E-state index >= 15 is 0 Å². The number of morpholine rings is 1. The molecule has 3 atom stereocenters. The van der Waals surface area contributed by atoms with Gasteiger partial charge in [0.25, 0.3) is 0 Å². The molecule has 0 spiro atoms. The Balaban J connectivity index is 1.73. The monoisotopic (exact) mass is 370 g/mol. The van der Waals surface area contributed by atoms with E-state index in [2.05, 4.69) is 64.9 Å². The van der Waals surface area contributed by atoms with Gasteiger partial charge < -0.3 is 15.2 Å². The van der Waals surface area contributed by atoms with Crippen molar-refractivity contribution in [2.24, 2.45) is 0 Å². The van der Waals surface area contributed by atoms with Crippen LogP contribution < -0.4 is 5.32 Å². The molecule has 2 aromatic rings. The standard InChI is InChI=1S/C21H26N2O2S/c1-3-21(24)22-18-10-12-19(13-11-18)26(4-2)23-14-15-25-20(16-23)17-8-6-5-7-9-17/h3-13,20-22,24H,1,14-16H2,2H3. The third-order valence-electron chi connectivity index (χ3n) is 4.34. The molecule has 1 saturated heterocycles. The van der Waals surface area contributed by atoms with Crippen LogP contribution in [-0.2, 0) is 4.74 Å². The third-order valence-corrected chi connectivity index (χ3v) is 6.43. The number of rotatable bonds is 6. The van der Waals surface area contributed by atoms with Crippen molar-refractivity contribution in [3.05, 3.63) is 72.8 Å². The lowest BCUT2D eigenvalue weighted by Crippen LogP contribution is -2.35. The smallest absolute Gasteiger partial charge is 0.143 e. The highest BCUT2D eigenvalue weighted by Gasteiger charge is 2.24. The van der Waals surface area contributed by atoms with E-state index in [9.17, 15) is 5.11 Å². The van der Waals surface area contributed by atoms with Gasteiger partial charge in [-0.15, -0.1) is 0 Å². The fraction of sp³-hybridized carbons (Fsp3) is 0.286. The lowest BCUT2D eigenvalue weighted by molar-refractivity contribution is 0.000388. The van der Waals surface area contributed by atoms with Crippen LogP contribution >= 0.6 is 10.7 Å². The molecule has 4 nitrogen and oxygen atoms in total. The molecule has 0 aliphatic carbocycles. The van der Waals surface area contributed by atoms with Gasteiger partial charge >= 0.3 is 0 Å². The molecule has 5 heteroatoms. The largest absolute Gasteiger partial charge is 0.371 e. The number of nitrogens with zero attached hydrogens (tertiary/aromatic N) is 1. The number of anilines is 1. The van der Waals surface area contributed by atoms with Crippen molar-refractivity contribution in [1.29, 1.82) is 0 Å². The van der Waals surface area contributed by atoms with Crippen LogP contribution in [-0.4, -0.2) is 40.7 Å². The first-order chi connectivity index (χ1) is 12.7. The summed E-state index contributed by atoms with van der Waals surface area (Å²) >= 11 is 0. The zero-order valence-electron chi connectivity index (χ0n) is 15.0. The van der Waals surface area contributed by atoms with Crippen LogP contribution in [0, 0.1) is 0 Å². The van der Waals surface area contributed by atoms with E-state index < -0.39 is 6.23 Å². The van der Waals surface area contributed by atoms with Gasteiger partial charge in [-0.05, 0) is 48.2 Å². The van der Waals surface area contributed by atoms with E-state index in [4.69, 9.17) is 4.74 Å². The second-order valence-corrected chi connectivity index (χ2v) is 8.15. The number of hydrogen-bond donors (Lipinski definition) is 2. The Morgan fingerprint density at radius 2 is 1.96 bits per heavy atom. The predicted octanol–water partition coefficient (Wildman–Crippen LogP) is 4.04. The average Bonchev–Trinajstić information content (AvgIpc) is 2.70. The van der Waals surface area contributed by atoms with E-state index in [0.29, 0.717) is 0 Å². The highest BCUT2D eigenvalue weighted by atomic mass is 32.2. The van der Waals surface area contributed by atoms with E-state index in [1.54, 1.807) is 0 Å². The minimum atomic E-state index is -0.734.